The summed E-state index contributed by atoms with van der Waals surface area (Å²) in [4.78, 5) is 12.3. The first-order chi connectivity index (χ1) is 20.7. The van der Waals surface area contributed by atoms with Gasteiger partial charge in [-0.05, 0) is 109 Å². The highest BCUT2D eigenvalue weighted by atomic mass is 16.5. The van der Waals surface area contributed by atoms with Crippen LogP contribution < -0.4 is 10.6 Å². The van der Waals surface area contributed by atoms with E-state index >= 15 is 0 Å². The Morgan fingerprint density at radius 1 is 0.857 bits per heavy atom. The van der Waals surface area contributed by atoms with Gasteiger partial charge in [-0.1, -0.05) is 89.5 Å². The molecule has 1 aliphatic heterocycles. The molecule has 0 radical (unpaired) electrons. The van der Waals surface area contributed by atoms with E-state index in [1.165, 1.54) is 83.5 Å². The lowest BCUT2D eigenvalue weighted by Gasteiger charge is -2.28. The summed E-state index contributed by atoms with van der Waals surface area (Å²) < 4.78 is 5.52. The van der Waals surface area contributed by atoms with Crippen LogP contribution in [0.4, 0.5) is 0 Å². The maximum atomic E-state index is 12.3. The van der Waals surface area contributed by atoms with Gasteiger partial charge in [-0.15, -0.1) is 0 Å². The highest BCUT2D eigenvalue weighted by molar-refractivity contribution is 5.69. The zero-order valence-electron chi connectivity index (χ0n) is 27.9. The molecule has 5 nitrogen and oxygen atoms in total. The molecule has 3 N–H and O–H groups in total. The highest BCUT2D eigenvalue weighted by Crippen LogP contribution is 2.20. The van der Waals surface area contributed by atoms with Crippen molar-refractivity contribution in [2.45, 2.75) is 174 Å². The van der Waals surface area contributed by atoms with Crippen molar-refractivity contribution in [3.63, 3.8) is 0 Å². The van der Waals surface area contributed by atoms with Crippen LogP contribution in [0.15, 0.2) is 24.3 Å². The third kappa shape index (κ3) is 23.3. The maximum Gasteiger partial charge on any atom is 0.305 e. The third-order valence-corrected chi connectivity index (χ3v) is 8.85. The van der Waals surface area contributed by atoms with Gasteiger partial charge in [0.25, 0.3) is 0 Å². The Kier molecular flexibility index (Phi) is 27.6. The van der Waals surface area contributed by atoms with Gasteiger partial charge in [0.05, 0.1) is 6.61 Å². The fourth-order valence-corrected chi connectivity index (χ4v) is 6.14. The molecule has 0 bridgehead atoms. The molecular weight excluding hydrogens is 520 g/mol. The van der Waals surface area contributed by atoms with Crippen molar-refractivity contribution < 1.29 is 14.6 Å². The number of carbonyl (C=O) groups is 1. The van der Waals surface area contributed by atoms with Gasteiger partial charge in [0.1, 0.15) is 0 Å². The highest BCUT2D eigenvalue weighted by Gasteiger charge is 2.21. The summed E-state index contributed by atoms with van der Waals surface area (Å²) in [6.45, 7) is 7.53. The summed E-state index contributed by atoms with van der Waals surface area (Å²) in [6.07, 6.45) is 35.8. The molecule has 0 aromatic carbocycles. The lowest BCUT2D eigenvalue weighted by Crippen LogP contribution is -2.47. The molecule has 3 atom stereocenters. The van der Waals surface area contributed by atoms with Gasteiger partial charge in [-0.3, -0.25) is 4.79 Å². The van der Waals surface area contributed by atoms with E-state index in [0.29, 0.717) is 31.0 Å². The van der Waals surface area contributed by atoms with Crippen molar-refractivity contribution in [2.75, 3.05) is 26.3 Å². The van der Waals surface area contributed by atoms with Gasteiger partial charge in [-0.2, -0.15) is 0 Å². The normalized spacial score (nSPS) is 17.5. The van der Waals surface area contributed by atoms with E-state index in [1.54, 1.807) is 0 Å². The van der Waals surface area contributed by atoms with E-state index in [1.807, 2.05) is 0 Å². The quantitative estimate of drug-likeness (QED) is 0.0481. The van der Waals surface area contributed by atoms with E-state index in [2.05, 4.69) is 48.8 Å². The van der Waals surface area contributed by atoms with Crippen molar-refractivity contribution in [1.29, 1.82) is 0 Å². The number of ether oxygens (including phenoxy) is 1. The Morgan fingerprint density at radius 3 is 2.31 bits per heavy atom. The first-order valence-electron chi connectivity index (χ1n) is 18.2. The molecule has 1 rings (SSSR count). The topological polar surface area (TPSA) is 70.6 Å². The molecule has 1 saturated heterocycles. The lowest BCUT2D eigenvalue weighted by molar-refractivity contribution is -0.143. The van der Waals surface area contributed by atoms with Crippen LogP contribution in [0.1, 0.15) is 162 Å². The van der Waals surface area contributed by atoms with Crippen LogP contribution in [-0.4, -0.2) is 49.5 Å². The Hall–Kier alpha value is -1.17. The SMILES string of the molecule is CCCCC/C=C\C/C=C\CCCCCCCCOC(=O)CCCC(CCCO)CCNC(CC)C1CCCCCN1. The maximum absolute atomic E-state index is 12.3. The molecule has 3 unspecified atom stereocenters. The summed E-state index contributed by atoms with van der Waals surface area (Å²) in [6, 6.07) is 1.13. The van der Waals surface area contributed by atoms with E-state index in [-0.39, 0.29) is 12.6 Å². The summed E-state index contributed by atoms with van der Waals surface area (Å²) in [5.41, 5.74) is 0. The first kappa shape index (κ1) is 38.9. The second-order valence-electron chi connectivity index (χ2n) is 12.6. The van der Waals surface area contributed by atoms with Crippen LogP contribution in [0, 0.1) is 5.92 Å². The van der Waals surface area contributed by atoms with Crippen molar-refractivity contribution in [1.82, 2.24) is 10.6 Å². The molecule has 0 saturated carbocycles. The molecule has 0 amide bonds. The van der Waals surface area contributed by atoms with Crippen molar-refractivity contribution in [3.8, 4) is 0 Å². The number of esters is 1. The zero-order chi connectivity index (χ0) is 30.4. The second-order valence-corrected chi connectivity index (χ2v) is 12.6. The number of unbranched alkanes of at least 4 members (excludes halogenated alkanes) is 9. The van der Waals surface area contributed by atoms with Crippen molar-refractivity contribution in [3.05, 3.63) is 24.3 Å². The Labute approximate surface area is 261 Å². The van der Waals surface area contributed by atoms with Gasteiger partial charge in [0, 0.05) is 25.1 Å². The molecule has 1 fully saturated rings. The van der Waals surface area contributed by atoms with Gasteiger partial charge < -0.3 is 20.5 Å². The van der Waals surface area contributed by atoms with Gasteiger partial charge in [0.15, 0.2) is 0 Å². The van der Waals surface area contributed by atoms with Gasteiger partial charge in [-0.25, -0.2) is 0 Å². The fraction of sp³-hybridized carbons (Fsp3) is 0.865. The van der Waals surface area contributed by atoms with Crippen LogP contribution in [-0.2, 0) is 9.53 Å². The number of rotatable bonds is 28. The number of allylic oxidation sites excluding steroid dienone is 4. The number of aliphatic hydroxyl groups excluding tert-OH is 1. The largest absolute Gasteiger partial charge is 0.466 e. The van der Waals surface area contributed by atoms with Crippen LogP contribution in [0.2, 0.25) is 0 Å². The van der Waals surface area contributed by atoms with E-state index in [9.17, 15) is 9.90 Å². The van der Waals surface area contributed by atoms with Crippen LogP contribution in [0.5, 0.6) is 0 Å². The average molecular weight is 591 g/mol. The number of nitrogens with one attached hydrogen (secondary N) is 2. The predicted octanol–water partition coefficient (Wildman–Crippen LogP) is 9.19. The average Bonchev–Trinajstić information content (AvgIpc) is 3.29. The van der Waals surface area contributed by atoms with E-state index in [0.717, 1.165) is 70.9 Å². The van der Waals surface area contributed by atoms with Gasteiger partial charge >= 0.3 is 5.97 Å². The smallest absolute Gasteiger partial charge is 0.305 e. The summed E-state index contributed by atoms with van der Waals surface area (Å²) >= 11 is 0. The van der Waals surface area contributed by atoms with Crippen LogP contribution in [0.3, 0.4) is 0 Å². The Bertz CT molecular complexity index is 643. The molecule has 1 heterocycles. The Morgan fingerprint density at radius 2 is 1.57 bits per heavy atom. The third-order valence-electron chi connectivity index (χ3n) is 8.85. The van der Waals surface area contributed by atoms with E-state index < -0.39 is 0 Å². The fourth-order valence-electron chi connectivity index (χ4n) is 6.14. The molecule has 0 aromatic heterocycles. The molecule has 42 heavy (non-hydrogen) atoms. The zero-order valence-corrected chi connectivity index (χ0v) is 27.9. The first-order valence-corrected chi connectivity index (χ1v) is 18.2. The van der Waals surface area contributed by atoms with Crippen LogP contribution >= 0.6 is 0 Å². The minimum Gasteiger partial charge on any atom is -0.466 e. The summed E-state index contributed by atoms with van der Waals surface area (Å²) in [7, 11) is 0. The van der Waals surface area contributed by atoms with Crippen molar-refractivity contribution >= 4 is 5.97 Å². The molecule has 0 aliphatic carbocycles. The molecule has 246 valence electrons. The minimum absolute atomic E-state index is 0.0397. The summed E-state index contributed by atoms with van der Waals surface area (Å²) in [5, 5.41) is 16.9. The number of aliphatic hydroxyl groups is 1. The van der Waals surface area contributed by atoms with E-state index in [4.69, 9.17) is 4.74 Å². The monoisotopic (exact) mass is 591 g/mol. The van der Waals surface area contributed by atoms with Crippen molar-refractivity contribution in [2.24, 2.45) is 5.92 Å². The molecule has 5 heteroatoms. The number of carbonyl (C=O) groups excluding carboxylic acids is 1. The molecule has 1 aliphatic rings. The predicted molar refractivity (Wildman–Crippen MR) is 181 cm³/mol. The number of hydrogen-bond donors (Lipinski definition) is 3. The molecule has 0 aromatic rings. The summed E-state index contributed by atoms with van der Waals surface area (Å²) in [5.74, 6) is 0.520. The second kappa shape index (κ2) is 29.9. The standard InChI is InChI=1S/C37H70N2O3/c1-3-5-6-7-8-9-10-11-12-13-14-15-16-17-18-22-33-42-37(41)28-23-25-34(26-24-32-40)29-31-39-35(4-2)36-27-20-19-21-30-38-36/h8-9,11-12,34-36,38-40H,3-7,10,13-33H2,1-2H3/b9-8-,12-11-. The minimum atomic E-state index is -0.0397. The number of hydrogen-bond acceptors (Lipinski definition) is 5. The van der Waals surface area contributed by atoms with Crippen LogP contribution in [0.25, 0.3) is 0 Å². The molecule has 0 spiro atoms. The molecular formula is C37H70N2O3. The lowest BCUT2D eigenvalue weighted by atomic mass is 9.93. The Balaban J connectivity index is 2.03. The van der Waals surface area contributed by atoms with Gasteiger partial charge in [0.2, 0.25) is 0 Å².